The van der Waals surface area contributed by atoms with Gasteiger partial charge in [-0.25, -0.2) is 13.1 Å². The molecule has 0 saturated carbocycles. The number of amides is 1. The summed E-state index contributed by atoms with van der Waals surface area (Å²) in [6.07, 6.45) is 0. The number of sulfonamides is 1. The van der Waals surface area contributed by atoms with Crippen molar-refractivity contribution in [2.45, 2.75) is 30.8 Å². The summed E-state index contributed by atoms with van der Waals surface area (Å²) in [4.78, 5) is 12.5. The van der Waals surface area contributed by atoms with Gasteiger partial charge in [0, 0.05) is 6.04 Å². The second-order valence-corrected chi connectivity index (χ2v) is 9.63. The molecule has 3 aromatic carbocycles. The smallest absolute Gasteiger partial charge is 0.258 e. The quantitative estimate of drug-likeness (QED) is 0.414. The first-order chi connectivity index (χ1) is 16.7. The molecule has 0 heterocycles. The molecule has 8 nitrogen and oxygen atoms in total. The van der Waals surface area contributed by atoms with Gasteiger partial charge < -0.3 is 19.5 Å². The van der Waals surface area contributed by atoms with Gasteiger partial charge in [0.05, 0.1) is 25.2 Å². The van der Waals surface area contributed by atoms with Crippen molar-refractivity contribution >= 4 is 15.9 Å². The van der Waals surface area contributed by atoms with Gasteiger partial charge in [0.2, 0.25) is 10.0 Å². The zero-order chi connectivity index (χ0) is 25.4. The highest BCUT2D eigenvalue weighted by atomic mass is 32.2. The van der Waals surface area contributed by atoms with Crippen molar-refractivity contribution in [3.63, 3.8) is 0 Å². The van der Waals surface area contributed by atoms with Crippen LogP contribution in [0.25, 0.3) is 0 Å². The first kappa shape index (κ1) is 26.1. The lowest BCUT2D eigenvalue weighted by molar-refractivity contribution is -0.123. The minimum absolute atomic E-state index is 0.110. The summed E-state index contributed by atoms with van der Waals surface area (Å²) in [5, 5.41) is 2.86. The average molecular weight is 499 g/mol. The van der Waals surface area contributed by atoms with Crippen molar-refractivity contribution in [3.8, 4) is 17.2 Å². The Morgan fingerprint density at radius 1 is 0.829 bits per heavy atom. The lowest BCUT2D eigenvalue weighted by Crippen LogP contribution is -2.31. The van der Waals surface area contributed by atoms with Gasteiger partial charge in [-0.1, -0.05) is 36.4 Å². The Bertz CT molecular complexity index is 1230. The van der Waals surface area contributed by atoms with Crippen LogP contribution in [-0.2, 0) is 14.8 Å². The fourth-order valence-corrected chi connectivity index (χ4v) is 4.70. The Balaban J connectivity index is 1.54. The molecular formula is C26H30N2O6S. The lowest BCUT2D eigenvalue weighted by atomic mass is 10.1. The number of benzene rings is 3. The maximum Gasteiger partial charge on any atom is 0.258 e. The minimum atomic E-state index is -3.72. The van der Waals surface area contributed by atoms with Crippen LogP contribution in [0.15, 0.2) is 77.7 Å². The Morgan fingerprint density at radius 3 is 2.11 bits per heavy atom. The van der Waals surface area contributed by atoms with Gasteiger partial charge in [0.15, 0.2) is 18.1 Å². The van der Waals surface area contributed by atoms with E-state index in [0.717, 1.165) is 11.1 Å². The summed E-state index contributed by atoms with van der Waals surface area (Å²) >= 11 is 0. The lowest BCUT2D eigenvalue weighted by Gasteiger charge is -2.17. The van der Waals surface area contributed by atoms with Crippen molar-refractivity contribution in [3.05, 3.63) is 83.9 Å². The van der Waals surface area contributed by atoms with Crippen LogP contribution < -0.4 is 24.2 Å². The minimum Gasteiger partial charge on any atom is -0.493 e. The molecule has 0 fully saturated rings. The van der Waals surface area contributed by atoms with Gasteiger partial charge in [-0.2, -0.15) is 0 Å². The van der Waals surface area contributed by atoms with Gasteiger partial charge in [-0.05, 0) is 61.4 Å². The molecule has 1 amide bonds. The van der Waals surface area contributed by atoms with Crippen LogP contribution in [0, 0.1) is 0 Å². The highest BCUT2D eigenvalue weighted by Gasteiger charge is 2.19. The van der Waals surface area contributed by atoms with Gasteiger partial charge in [0.25, 0.3) is 5.91 Å². The number of carbonyl (C=O) groups is 1. The van der Waals surface area contributed by atoms with E-state index >= 15 is 0 Å². The number of methoxy groups -OCH3 is 2. The molecule has 186 valence electrons. The van der Waals surface area contributed by atoms with E-state index in [2.05, 4.69) is 10.0 Å². The number of carbonyl (C=O) groups excluding carboxylic acids is 1. The normalized spacial score (nSPS) is 12.9. The van der Waals surface area contributed by atoms with Crippen molar-refractivity contribution < 1.29 is 27.4 Å². The van der Waals surface area contributed by atoms with Crippen molar-refractivity contribution in [2.24, 2.45) is 0 Å². The van der Waals surface area contributed by atoms with E-state index in [4.69, 9.17) is 14.2 Å². The predicted molar refractivity (Wildman–Crippen MR) is 133 cm³/mol. The van der Waals surface area contributed by atoms with Gasteiger partial charge >= 0.3 is 0 Å². The van der Waals surface area contributed by atoms with Crippen molar-refractivity contribution in [1.29, 1.82) is 0 Å². The molecule has 2 unspecified atom stereocenters. The first-order valence-corrected chi connectivity index (χ1v) is 12.5. The number of nitrogens with one attached hydrogen (secondary N) is 2. The highest BCUT2D eigenvalue weighted by molar-refractivity contribution is 7.89. The molecule has 0 aliphatic heterocycles. The molecule has 0 aliphatic rings. The standard InChI is InChI=1S/C26H30N2O6S/c1-18(21-10-15-24(32-3)25(16-21)33-4)27-26(29)17-34-22-11-13-23(14-12-22)35(30,31)28-19(2)20-8-6-5-7-9-20/h5-16,18-19,28H,17H2,1-4H3,(H,27,29). The molecule has 0 radical (unpaired) electrons. The van der Waals surface area contributed by atoms with Crippen molar-refractivity contribution in [2.75, 3.05) is 20.8 Å². The zero-order valence-corrected chi connectivity index (χ0v) is 21.0. The molecule has 35 heavy (non-hydrogen) atoms. The molecule has 0 spiro atoms. The predicted octanol–water partition coefficient (Wildman–Crippen LogP) is 4.00. The van der Waals surface area contributed by atoms with E-state index in [1.807, 2.05) is 43.3 Å². The van der Waals surface area contributed by atoms with E-state index in [1.165, 1.54) is 24.3 Å². The molecule has 0 saturated heterocycles. The number of rotatable bonds is 11. The molecule has 2 N–H and O–H groups in total. The fraction of sp³-hybridized carbons (Fsp3) is 0.269. The van der Waals surface area contributed by atoms with Crippen LogP contribution in [0.2, 0.25) is 0 Å². The van der Waals surface area contributed by atoms with Gasteiger partial charge in [-0.3, -0.25) is 4.79 Å². The molecule has 0 aromatic heterocycles. The van der Waals surface area contributed by atoms with Gasteiger partial charge in [0.1, 0.15) is 5.75 Å². The molecule has 3 aromatic rings. The van der Waals surface area contributed by atoms with Crippen LogP contribution in [0.1, 0.15) is 37.1 Å². The highest BCUT2D eigenvalue weighted by Crippen LogP contribution is 2.29. The third-order valence-corrected chi connectivity index (χ3v) is 6.98. The number of ether oxygens (including phenoxy) is 3. The third-order valence-electron chi connectivity index (χ3n) is 5.42. The first-order valence-electron chi connectivity index (χ1n) is 11.0. The summed E-state index contributed by atoms with van der Waals surface area (Å²) in [7, 11) is -0.607. The average Bonchev–Trinajstić information content (AvgIpc) is 2.87. The zero-order valence-electron chi connectivity index (χ0n) is 20.1. The molecule has 9 heteroatoms. The maximum atomic E-state index is 12.7. The Kier molecular flexibility index (Phi) is 8.73. The van der Waals surface area contributed by atoms with Gasteiger partial charge in [-0.15, -0.1) is 0 Å². The van der Waals surface area contributed by atoms with E-state index in [-0.39, 0.29) is 29.5 Å². The van der Waals surface area contributed by atoms with Crippen LogP contribution in [0.5, 0.6) is 17.2 Å². The topological polar surface area (TPSA) is 103 Å². The number of hydrogen-bond donors (Lipinski definition) is 2. The fourth-order valence-electron chi connectivity index (χ4n) is 3.46. The number of hydrogen-bond acceptors (Lipinski definition) is 6. The molecule has 3 rings (SSSR count). The van der Waals surface area contributed by atoms with E-state index in [9.17, 15) is 13.2 Å². The third kappa shape index (κ3) is 6.97. The monoisotopic (exact) mass is 498 g/mol. The van der Waals surface area contributed by atoms with E-state index in [0.29, 0.717) is 17.2 Å². The SMILES string of the molecule is COc1ccc(C(C)NC(=O)COc2ccc(S(=O)(=O)NC(C)c3ccccc3)cc2)cc1OC. The van der Waals surface area contributed by atoms with Crippen LogP contribution in [0.3, 0.4) is 0 Å². The molecule has 0 bridgehead atoms. The maximum absolute atomic E-state index is 12.7. The Morgan fingerprint density at radius 2 is 1.49 bits per heavy atom. The summed E-state index contributed by atoms with van der Waals surface area (Å²) in [5.74, 6) is 1.25. The molecule has 0 aliphatic carbocycles. The van der Waals surface area contributed by atoms with Crippen LogP contribution in [-0.4, -0.2) is 35.2 Å². The summed E-state index contributed by atoms with van der Waals surface area (Å²) in [6, 6.07) is 20.0. The van der Waals surface area contributed by atoms with Crippen LogP contribution >= 0.6 is 0 Å². The summed E-state index contributed by atoms with van der Waals surface area (Å²) in [6.45, 7) is 3.42. The molecule has 2 atom stereocenters. The summed E-state index contributed by atoms with van der Waals surface area (Å²) < 4.78 is 44.1. The largest absolute Gasteiger partial charge is 0.493 e. The van der Waals surface area contributed by atoms with Crippen molar-refractivity contribution in [1.82, 2.24) is 10.0 Å². The van der Waals surface area contributed by atoms with Crippen LogP contribution in [0.4, 0.5) is 0 Å². The Labute approximate surface area is 206 Å². The Hall–Kier alpha value is -3.56. The summed E-state index contributed by atoms with van der Waals surface area (Å²) in [5.41, 5.74) is 1.71. The second kappa shape index (κ2) is 11.7. The van der Waals surface area contributed by atoms with E-state index in [1.54, 1.807) is 33.3 Å². The second-order valence-electron chi connectivity index (χ2n) is 7.92. The molecular weight excluding hydrogens is 468 g/mol. The van der Waals surface area contributed by atoms with E-state index < -0.39 is 10.0 Å².